The van der Waals surface area contributed by atoms with Crippen molar-refractivity contribution in [2.45, 2.75) is 11.8 Å². The van der Waals surface area contributed by atoms with Crippen LogP contribution in [0.1, 0.15) is 11.1 Å². The summed E-state index contributed by atoms with van der Waals surface area (Å²) >= 11 is 0. The molecule has 4 nitrogen and oxygen atoms in total. The van der Waals surface area contributed by atoms with Gasteiger partial charge in [-0.25, -0.2) is 8.42 Å². The number of aryl methyl sites for hydroxylation is 1. The fraction of sp³-hybridized carbons (Fsp3) is 0.263. The van der Waals surface area contributed by atoms with Crippen LogP contribution in [-0.2, 0) is 10.0 Å². The maximum atomic E-state index is 12.8. The van der Waals surface area contributed by atoms with Crippen LogP contribution < -0.4 is 0 Å². The van der Waals surface area contributed by atoms with Crippen molar-refractivity contribution in [2.24, 2.45) is 5.92 Å². The summed E-state index contributed by atoms with van der Waals surface area (Å²) in [6.45, 7) is 2.50. The molecule has 2 aromatic rings. The van der Waals surface area contributed by atoms with Gasteiger partial charge in [0.15, 0.2) is 0 Å². The molecule has 3 rings (SSSR count). The maximum Gasteiger partial charge on any atom is 0.243 e. The van der Waals surface area contributed by atoms with Gasteiger partial charge in [-0.1, -0.05) is 54.1 Å². The fourth-order valence-electron chi connectivity index (χ4n) is 2.90. The van der Waals surface area contributed by atoms with E-state index in [1.165, 1.54) is 4.31 Å². The van der Waals surface area contributed by atoms with Crippen molar-refractivity contribution in [3.8, 4) is 0 Å². The fourth-order valence-corrected chi connectivity index (χ4v) is 4.38. The Morgan fingerprint density at radius 3 is 2.42 bits per heavy atom. The molecule has 24 heavy (non-hydrogen) atoms. The Morgan fingerprint density at radius 2 is 1.79 bits per heavy atom. The monoisotopic (exact) mass is 343 g/mol. The number of sulfonamides is 1. The lowest BCUT2D eigenvalue weighted by molar-refractivity contribution is 0.248. The van der Waals surface area contributed by atoms with Crippen LogP contribution in [0.25, 0.3) is 6.08 Å². The van der Waals surface area contributed by atoms with E-state index in [9.17, 15) is 13.5 Å². The van der Waals surface area contributed by atoms with E-state index in [2.05, 4.69) is 0 Å². The van der Waals surface area contributed by atoms with Crippen LogP contribution in [0.5, 0.6) is 0 Å². The minimum Gasteiger partial charge on any atom is -0.396 e. The highest BCUT2D eigenvalue weighted by molar-refractivity contribution is 7.89. The molecule has 1 unspecified atom stereocenters. The third kappa shape index (κ3) is 3.43. The Kier molecular flexibility index (Phi) is 4.85. The van der Waals surface area contributed by atoms with Crippen molar-refractivity contribution in [1.29, 1.82) is 0 Å². The lowest BCUT2D eigenvalue weighted by Crippen LogP contribution is -2.29. The van der Waals surface area contributed by atoms with Gasteiger partial charge in [0.25, 0.3) is 0 Å². The summed E-state index contributed by atoms with van der Waals surface area (Å²) in [6, 6.07) is 16.6. The zero-order valence-corrected chi connectivity index (χ0v) is 14.4. The lowest BCUT2D eigenvalue weighted by Gasteiger charge is -2.15. The average molecular weight is 343 g/mol. The van der Waals surface area contributed by atoms with Crippen molar-refractivity contribution < 1.29 is 13.5 Å². The predicted molar refractivity (Wildman–Crippen MR) is 94.9 cm³/mol. The Bertz CT molecular complexity index is 827. The average Bonchev–Trinajstić information content (AvgIpc) is 3.00. The molecule has 0 spiro atoms. The predicted octanol–water partition coefficient (Wildman–Crippen LogP) is 2.69. The topological polar surface area (TPSA) is 57.6 Å². The Morgan fingerprint density at radius 1 is 1.12 bits per heavy atom. The minimum atomic E-state index is -3.54. The third-order valence-electron chi connectivity index (χ3n) is 4.34. The summed E-state index contributed by atoms with van der Waals surface area (Å²) in [5, 5.41) is 9.64. The second kappa shape index (κ2) is 6.89. The molecule has 1 fully saturated rings. The Labute approximate surface area is 143 Å². The van der Waals surface area contributed by atoms with Crippen LogP contribution in [0, 0.1) is 12.8 Å². The second-order valence-corrected chi connectivity index (χ2v) is 8.06. The van der Waals surface area contributed by atoms with Gasteiger partial charge in [0.1, 0.15) is 0 Å². The molecule has 126 valence electrons. The van der Waals surface area contributed by atoms with Gasteiger partial charge in [0, 0.05) is 19.0 Å². The third-order valence-corrected chi connectivity index (χ3v) is 6.16. The number of rotatable bonds is 4. The highest BCUT2D eigenvalue weighted by atomic mass is 32.2. The molecule has 1 aliphatic heterocycles. The summed E-state index contributed by atoms with van der Waals surface area (Å²) in [5.41, 5.74) is 2.98. The van der Waals surface area contributed by atoms with Crippen LogP contribution in [0.15, 0.2) is 65.1 Å². The minimum absolute atomic E-state index is 0.0570. The summed E-state index contributed by atoms with van der Waals surface area (Å²) < 4.78 is 27.1. The van der Waals surface area contributed by atoms with Gasteiger partial charge in [-0.3, -0.25) is 0 Å². The van der Waals surface area contributed by atoms with Gasteiger partial charge in [-0.15, -0.1) is 0 Å². The van der Waals surface area contributed by atoms with Crippen molar-refractivity contribution in [2.75, 3.05) is 19.7 Å². The molecule has 0 bridgehead atoms. The van der Waals surface area contributed by atoms with Crippen LogP contribution in [0.4, 0.5) is 0 Å². The second-order valence-electron chi connectivity index (χ2n) is 6.12. The summed E-state index contributed by atoms with van der Waals surface area (Å²) in [4.78, 5) is 0.297. The molecule has 1 aliphatic rings. The molecule has 1 saturated heterocycles. The molecule has 0 saturated carbocycles. The van der Waals surface area contributed by atoms with Gasteiger partial charge in [0.2, 0.25) is 10.0 Å². The molecule has 0 radical (unpaired) electrons. The number of aliphatic hydroxyl groups excluding tert-OH is 1. The maximum absolute atomic E-state index is 12.8. The normalized spacial score (nSPS) is 20.6. The van der Waals surface area contributed by atoms with E-state index in [4.69, 9.17) is 0 Å². The smallest absolute Gasteiger partial charge is 0.243 e. The SMILES string of the molecule is Cc1ccc(S(=O)(=O)N2C/C(=C\c3ccccc3)C(CO)C2)cc1. The van der Waals surface area contributed by atoms with Crippen molar-refractivity contribution in [3.63, 3.8) is 0 Å². The summed E-state index contributed by atoms with van der Waals surface area (Å²) in [5.74, 6) is -0.162. The summed E-state index contributed by atoms with van der Waals surface area (Å²) in [6.07, 6.45) is 1.98. The molecule has 0 aliphatic carbocycles. The Hall–Kier alpha value is -1.95. The molecule has 2 aromatic carbocycles. The van der Waals surface area contributed by atoms with Crippen molar-refractivity contribution in [1.82, 2.24) is 4.31 Å². The zero-order chi connectivity index (χ0) is 17.2. The Balaban J connectivity index is 1.88. The van der Waals surface area contributed by atoms with Gasteiger partial charge in [0.05, 0.1) is 11.5 Å². The van der Waals surface area contributed by atoms with E-state index in [-0.39, 0.29) is 12.5 Å². The first-order valence-corrected chi connectivity index (χ1v) is 9.38. The van der Waals surface area contributed by atoms with Crippen molar-refractivity contribution in [3.05, 3.63) is 71.3 Å². The molecular weight excluding hydrogens is 322 g/mol. The first-order chi connectivity index (χ1) is 11.5. The molecular formula is C19H21NO3S. The quantitative estimate of drug-likeness (QED) is 0.929. The number of nitrogens with zero attached hydrogens (tertiary/aromatic N) is 1. The molecule has 1 heterocycles. The van der Waals surface area contributed by atoms with E-state index in [0.717, 1.165) is 16.7 Å². The number of aliphatic hydroxyl groups is 1. The summed E-state index contributed by atoms with van der Waals surface area (Å²) in [7, 11) is -3.54. The largest absolute Gasteiger partial charge is 0.396 e. The van der Waals surface area contributed by atoms with Gasteiger partial charge >= 0.3 is 0 Å². The van der Waals surface area contributed by atoms with E-state index in [0.29, 0.717) is 18.0 Å². The number of hydrogen-bond acceptors (Lipinski definition) is 3. The molecule has 1 atom stereocenters. The standard InChI is InChI=1S/C19H21NO3S/c1-15-7-9-19(10-8-15)24(22,23)20-12-17(18(13-20)14-21)11-16-5-3-2-4-6-16/h2-11,18,21H,12-14H2,1H3/b17-11+. The molecule has 0 aromatic heterocycles. The van der Waals surface area contributed by atoms with Crippen LogP contribution in [0.2, 0.25) is 0 Å². The van der Waals surface area contributed by atoms with E-state index in [1.807, 2.05) is 43.3 Å². The van der Waals surface area contributed by atoms with Crippen LogP contribution in [-0.4, -0.2) is 37.5 Å². The van der Waals surface area contributed by atoms with Crippen molar-refractivity contribution >= 4 is 16.1 Å². The molecule has 1 N–H and O–H groups in total. The first-order valence-electron chi connectivity index (χ1n) is 7.94. The molecule has 0 amide bonds. The van der Waals surface area contributed by atoms with Crippen LogP contribution >= 0.6 is 0 Å². The highest BCUT2D eigenvalue weighted by Crippen LogP contribution is 2.29. The number of benzene rings is 2. The van der Waals surface area contributed by atoms with Crippen LogP contribution in [0.3, 0.4) is 0 Å². The number of hydrogen-bond donors (Lipinski definition) is 1. The van der Waals surface area contributed by atoms with E-state index < -0.39 is 10.0 Å². The highest BCUT2D eigenvalue weighted by Gasteiger charge is 2.35. The lowest BCUT2D eigenvalue weighted by atomic mass is 10.0. The van der Waals surface area contributed by atoms with Gasteiger partial charge in [-0.05, 0) is 30.2 Å². The van der Waals surface area contributed by atoms with E-state index in [1.54, 1.807) is 24.3 Å². The van der Waals surface area contributed by atoms with Gasteiger partial charge < -0.3 is 5.11 Å². The van der Waals surface area contributed by atoms with Gasteiger partial charge in [-0.2, -0.15) is 4.31 Å². The van der Waals surface area contributed by atoms with E-state index >= 15 is 0 Å². The molecule has 5 heteroatoms. The zero-order valence-electron chi connectivity index (χ0n) is 13.6. The first kappa shape index (κ1) is 16.9.